The van der Waals surface area contributed by atoms with Crippen LogP contribution in [0.25, 0.3) is 22.0 Å². The van der Waals surface area contributed by atoms with E-state index in [1.807, 2.05) is 55.6 Å². The molecule has 2 aromatic carbocycles. The lowest BCUT2D eigenvalue weighted by Gasteiger charge is -2.12. The van der Waals surface area contributed by atoms with Crippen molar-refractivity contribution >= 4 is 29.0 Å². The molecule has 5 nitrogen and oxygen atoms in total. The largest absolute Gasteiger partial charge is 0.460 e. The van der Waals surface area contributed by atoms with Crippen molar-refractivity contribution in [3.63, 3.8) is 0 Å². The predicted molar refractivity (Wildman–Crippen MR) is 93.6 cm³/mol. The van der Waals surface area contributed by atoms with E-state index >= 15 is 0 Å². The van der Waals surface area contributed by atoms with Gasteiger partial charge in [-0.1, -0.05) is 24.3 Å². The molecule has 0 aliphatic heterocycles. The quantitative estimate of drug-likeness (QED) is 0.697. The number of nitrogens with one attached hydrogen (secondary N) is 2. The predicted octanol–water partition coefficient (Wildman–Crippen LogP) is 4.03. The molecular formula is C19H18N2O3. The maximum absolute atomic E-state index is 11.3. The molecule has 2 N–H and O–H groups in total. The van der Waals surface area contributed by atoms with Gasteiger partial charge in [0.2, 0.25) is 5.91 Å². The van der Waals surface area contributed by atoms with Gasteiger partial charge in [-0.05, 0) is 36.2 Å². The van der Waals surface area contributed by atoms with Crippen molar-refractivity contribution in [3.05, 3.63) is 54.2 Å². The third kappa shape index (κ3) is 3.01. The second-order valence-corrected chi connectivity index (χ2v) is 5.61. The van der Waals surface area contributed by atoms with Crippen LogP contribution in [0.4, 0.5) is 5.69 Å². The molecule has 1 heterocycles. The maximum atomic E-state index is 11.3. The molecule has 24 heavy (non-hydrogen) atoms. The fourth-order valence-electron chi connectivity index (χ4n) is 2.90. The Morgan fingerprint density at radius 1 is 1.25 bits per heavy atom. The van der Waals surface area contributed by atoms with E-state index in [9.17, 15) is 9.59 Å². The third-order valence-corrected chi connectivity index (χ3v) is 3.93. The molecule has 5 heteroatoms. The van der Waals surface area contributed by atoms with E-state index in [4.69, 9.17) is 4.74 Å². The lowest BCUT2D eigenvalue weighted by atomic mass is 9.97. The number of hydrogen-bond acceptors (Lipinski definition) is 3. The van der Waals surface area contributed by atoms with Gasteiger partial charge in [0.1, 0.15) is 6.10 Å². The van der Waals surface area contributed by atoms with E-state index in [2.05, 4.69) is 10.3 Å². The fourth-order valence-corrected chi connectivity index (χ4v) is 2.90. The smallest absolute Gasteiger partial charge is 0.293 e. The Morgan fingerprint density at radius 2 is 2.04 bits per heavy atom. The molecule has 3 rings (SSSR count). The van der Waals surface area contributed by atoms with E-state index in [-0.39, 0.29) is 12.0 Å². The topological polar surface area (TPSA) is 71.2 Å². The number of ether oxygens (including phenoxy) is 1. The molecule has 1 aromatic heterocycles. The van der Waals surface area contributed by atoms with E-state index in [1.165, 1.54) is 6.92 Å². The number of benzene rings is 2. The van der Waals surface area contributed by atoms with Gasteiger partial charge in [0, 0.05) is 35.3 Å². The van der Waals surface area contributed by atoms with Crippen molar-refractivity contribution in [2.75, 3.05) is 5.32 Å². The van der Waals surface area contributed by atoms with Crippen LogP contribution in [0, 0.1) is 0 Å². The Balaban J connectivity index is 2.14. The number of H-pyrrole nitrogens is 1. The van der Waals surface area contributed by atoms with Gasteiger partial charge in [0.25, 0.3) is 6.47 Å². The second kappa shape index (κ2) is 6.58. The monoisotopic (exact) mass is 322 g/mol. The van der Waals surface area contributed by atoms with Crippen LogP contribution in [0.3, 0.4) is 0 Å². The van der Waals surface area contributed by atoms with Crippen LogP contribution in [0.5, 0.6) is 0 Å². The average Bonchev–Trinajstić information content (AvgIpc) is 2.99. The molecular weight excluding hydrogens is 304 g/mol. The zero-order chi connectivity index (χ0) is 17.1. The highest BCUT2D eigenvalue weighted by molar-refractivity contribution is 5.99. The van der Waals surface area contributed by atoms with Crippen LogP contribution >= 0.6 is 0 Å². The highest BCUT2D eigenvalue weighted by atomic mass is 16.5. The van der Waals surface area contributed by atoms with E-state index in [0.29, 0.717) is 6.47 Å². The first kappa shape index (κ1) is 15.8. The molecule has 3 aromatic rings. The number of fused-ring (bicyclic) bond motifs is 1. The van der Waals surface area contributed by atoms with E-state index in [0.717, 1.165) is 33.3 Å². The molecule has 0 saturated carbocycles. The summed E-state index contributed by atoms with van der Waals surface area (Å²) in [5, 5.41) is 3.80. The standard InChI is InChI=1S/C19H18N2O3/c1-12(24-11-22)17-10-20-18-8-4-7-16(19(17)18)14-5-3-6-15(9-14)21-13(2)23/h3-12,20H,1-2H3,(H,21,23). The zero-order valence-corrected chi connectivity index (χ0v) is 13.5. The molecule has 0 fully saturated rings. The number of rotatable bonds is 5. The maximum Gasteiger partial charge on any atom is 0.293 e. The Bertz CT molecular complexity index is 899. The number of hydrogen-bond donors (Lipinski definition) is 2. The summed E-state index contributed by atoms with van der Waals surface area (Å²) in [5.74, 6) is -0.110. The Hall–Kier alpha value is -3.08. The summed E-state index contributed by atoms with van der Waals surface area (Å²) in [6.07, 6.45) is 1.51. The molecule has 1 atom stereocenters. The molecule has 0 bridgehead atoms. The summed E-state index contributed by atoms with van der Waals surface area (Å²) >= 11 is 0. The Morgan fingerprint density at radius 3 is 2.79 bits per heavy atom. The number of aromatic nitrogens is 1. The lowest BCUT2D eigenvalue weighted by Crippen LogP contribution is -2.05. The Labute approximate surface area is 139 Å². The minimum absolute atomic E-state index is 0.110. The molecule has 0 aliphatic carbocycles. The lowest BCUT2D eigenvalue weighted by molar-refractivity contribution is -0.133. The first-order chi connectivity index (χ1) is 11.6. The fraction of sp³-hybridized carbons (Fsp3) is 0.158. The average molecular weight is 322 g/mol. The van der Waals surface area contributed by atoms with Gasteiger partial charge in [-0.3, -0.25) is 9.59 Å². The SMILES string of the molecule is CC(=O)Nc1cccc(-c2cccc3[nH]cc(C(C)OC=O)c23)c1. The van der Waals surface area contributed by atoms with E-state index in [1.54, 1.807) is 0 Å². The summed E-state index contributed by atoms with van der Waals surface area (Å²) in [5.41, 5.74) is 4.61. The van der Waals surface area contributed by atoms with Crippen LogP contribution in [0.2, 0.25) is 0 Å². The molecule has 0 radical (unpaired) electrons. The van der Waals surface area contributed by atoms with Crippen molar-refractivity contribution in [2.45, 2.75) is 20.0 Å². The summed E-state index contributed by atoms with van der Waals surface area (Å²) in [7, 11) is 0. The zero-order valence-electron chi connectivity index (χ0n) is 13.5. The third-order valence-electron chi connectivity index (χ3n) is 3.93. The first-order valence-corrected chi connectivity index (χ1v) is 7.67. The number of aromatic amines is 1. The minimum Gasteiger partial charge on any atom is -0.460 e. The number of anilines is 1. The summed E-state index contributed by atoms with van der Waals surface area (Å²) in [4.78, 5) is 25.2. The van der Waals surface area contributed by atoms with Crippen molar-refractivity contribution in [1.82, 2.24) is 4.98 Å². The van der Waals surface area contributed by atoms with Gasteiger partial charge >= 0.3 is 0 Å². The van der Waals surface area contributed by atoms with Gasteiger partial charge in [-0.25, -0.2) is 0 Å². The molecule has 0 aliphatic rings. The highest BCUT2D eigenvalue weighted by Gasteiger charge is 2.16. The van der Waals surface area contributed by atoms with Gasteiger partial charge in [0.15, 0.2) is 0 Å². The molecule has 122 valence electrons. The molecule has 1 unspecified atom stereocenters. The van der Waals surface area contributed by atoms with Crippen LogP contribution in [-0.2, 0) is 14.3 Å². The molecule has 0 spiro atoms. The van der Waals surface area contributed by atoms with Crippen molar-refractivity contribution in [3.8, 4) is 11.1 Å². The summed E-state index contributed by atoms with van der Waals surface area (Å²) in [6.45, 7) is 3.78. The number of amides is 1. The summed E-state index contributed by atoms with van der Waals surface area (Å²) in [6, 6.07) is 13.6. The minimum atomic E-state index is -0.351. The van der Waals surface area contributed by atoms with Crippen molar-refractivity contribution in [1.29, 1.82) is 0 Å². The number of carbonyl (C=O) groups is 2. The first-order valence-electron chi connectivity index (χ1n) is 7.67. The van der Waals surface area contributed by atoms with Crippen LogP contribution in [-0.4, -0.2) is 17.4 Å². The van der Waals surface area contributed by atoms with Gasteiger partial charge in [-0.2, -0.15) is 0 Å². The van der Waals surface area contributed by atoms with Crippen LogP contribution in [0.15, 0.2) is 48.7 Å². The second-order valence-electron chi connectivity index (χ2n) is 5.61. The highest BCUT2D eigenvalue weighted by Crippen LogP contribution is 2.35. The van der Waals surface area contributed by atoms with Crippen molar-refractivity contribution < 1.29 is 14.3 Å². The normalized spacial score (nSPS) is 11.9. The summed E-state index contributed by atoms with van der Waals surface area (Å²) < 4.78 is 5.10. The van der Waals surface area contributed by atoms with Crippen LogP contribution in [0.1, 0.15) is 25.5 Å². The van der Waals surface area contributed by atoms with Gasteiger partial charge in [0.05, 0.1) is 0 Å². The van der Waals surface area contributed by atoms with Crippen LogP contribution < -0.4 is 5.32 Å². The number of carbonyl (C=O) groups excluding carboxylic acids is 2. The molecule has 0 saturated heterocycles. The van der Waals surface area contributed by atoms with Gasteiger partial charge in [-0.15, -0.1) is 0 Å². The Kier molecular flexibility index (Phi) is 4.33. The molecule has 1 amide bonds. The van der Waals surface area contributed by atoms with E-state index < -0.39 is 0 Å². The van der Waals surface area contributed by atoms with Gasteiger partial charge < -0.3 is 15.0 Å². The van der Waals surface area contributed by atoms with Crippen molar-refractivity contribution in [2.24, 2.45) is 0 Å².